The Morgan fingerprint density at radius 2 is 1.71 bits per heavy atom. The molecule has 1 heterocycles. The monoisotopic (exact) mass is 382 g/mol. The molecular weight excluding hydrogens is 356 g/mol. The summed E-state index contributed by atoms with van der Waals surface area (Å²) < 4.78 is 17.3. The van der Waals surface area contributed by atoms with Gasteiger partial charge in [-0.15, -0.1) is 0 Å². The Morgan fingerprint density at radius 3 is 2.29 bits per heavy atom. The van der Waals surface area contributed by atoms with Crippen LogP contribution in [0.3, 0.4) is 0 Å². The summed E-state index contributed by atoms with van der Waals surface area (Å²) in [6, 6.07) is 8.71. The largest absolute Gasteiger partial charge is 0.500 e. The number of ether oxygens (including phenoxy) is 2. The Balaban J connectivity index is 2.34. The summed E-state index contributed by atoms with van der Waals surface area (Å²) in [7, 11) is 3.16. The average molecular weight is 382 g/mol. The molecule has 0 atom stereocenters. The molecule has 0 amide bonds. The minimum atomic E-state index is -0.641. The van der Waals surface area contributed by atoms with Gasteiger partial charge in [0, 0.05) is 17.2 Å². The van der Waals surface area contributed by atoms with E-state index in [1.165, 1.54) is 6.07 Å². The number of allylic oxidation sites excluding steroid dienone is 2. The fraction of sp³-hybridized carbons (Fsp3) is 0.391. The molecule has 0 spiro atoms. The molecule has 5 nitrogen and oxygen atoms in total. The van der Waals surface area contributed by atoms with Gasteiger partial charge in [0.2, 0.25) is 0 Å². The molecule has 3 rings (SSSR count). The summed E-state index contributed by atoms with van der Waals surface area (Å²) in [5.74, 6) is 1.80. The van der Waals surface area contributed by atoms with Crippen molar-refractivity contribution >= 4 is 5.78 Å². The number of hydrogen-bond donors (Lipinski definition) is 0. The van der Waals surface area contributed by atoms with E-state index in [1.807, 2.05) is 39.0 Å². The maximum atomic E-state index is 13.1. The van der Waals surface area contributed by atoms with Crippen molar-refractivity contribution in [2.45, 2.75) is 45.4 Å². The van der Waals surface area contributed by atoms with E-state index >= 15 is 0 Å². The van der Waals surface area contributed by atoms with E-state index in [-0.39, 0.29) is 16.8 Å². The van der Waals surface area contributed by atoms with E-state index in [1.54, 1.807) is 20.3 Å². The SMILES string of the molecule is CCC1=C(OC)C(CC)(CC)c2oc(-c3cccc(OC)c3)cc(=O)c2C1=O. The van der Waals surface area contributed by atoms with E-state index in [0.29, 0.717) is 47.9 Å². The van der Waals surface area contributed by atoms with Crippen LogP contribution in [-0.4, -0.2) is 20.0 Å². The first kappa shape index (κ1) is 19.9. The zero-order chi connectivity index (χ0) is 20.5. The summed E-state index contributed by atoms with van der Waals surface area (Å²) in [6.45, 7) is 5.95. The van der Waals surface area contributed by atoms with Gasteiger partial charge in [-0.2, -0.15) is 0 Å². The van der Waals surface area contributed by atoms with E-state index in [0.717, 1.165) is 5.56 Å². The van der Waals surface area contributed by atoms with Gasteiger partial charge in [-0.3, -0.25) is 9.59 Å². The molecule has 1 aromatic heterocycles. The van der Waals surface area contributed by atoms with Crippen LogP contribution in [-0.2, 0) is 10.2 Å². The third-order valence-electron chi connectivity index (χ3n) is 5.71. The Bertz CT molecular complexity index is 992. The maximum absolute atomic E-state index is 13.1. The minimum Gasteiger partial charge on any atom is -0.500 e. The summed E-state index contributed by atoms with van der Waals surface area (Å²) >= 11 is 0. The molecular formula is C23H26O5. The van der Waals surface area contributed by atoms with Gasteiger partial charge in [0.25, 0.3) is 0 Å². The smallest absolute Gasteiger partial charge is 0.199 e. The first-order valence-corrected chi connectivity index (χ1v) is 9.62. The number of Topliss-reactive ketones (excluding diaryl/α,β-unsaturated/α-hetero) is 1. The van der Waals surface area contributed by atoms with E-state index < -0.39 is 5.41 Å². The van der Waals surface area contributed by atoms with Crippen LogP contribution < -0.4 is 10.2 Å². The van der Waals surface area contributed by atoms with Crippen LogP contribution >= 0.6 is 0 Å². The Hall–Kier alpha value is -2.82. The lowest BCUT2D eigenvalue weighted by Gasteiger charge is -2.37. The molecule has 0 saturated carbocycles. The number of fused-ring (bicyclic) bond motifs is 1. The highest BCUT2D eigenvalue weighted by Crippen LogP contribution is 2.47. The lowest BCUT2D eigenvalue weighted by atomic mass is 9.69. The first-order chi connectivity index (χ1) is 13.5. The molecule has 1 aliphatic rings. The van der Waals surface area contributed by atoms with Crippen molar-refractivity contribution in [1.82, 2.24) is 0 Å². The number of carbonyl (C=O) groups is 1. The zero-order valence-corrected chi connectivity index (χ0v) is 17.0. The molecule has 0 unspecified atom stereocenters. The molecule has 0 N–H and O–H groups in total. The molecule has 1 aromatic carbocycles. The second-order valence-electron chi connectivity index (χ2n) is 6.89. The van der Waals surface area contributed by atoms with Crippen LogP contribution in [0.15, 0.2) is 50.9 Å². The standard InChI is InChI=1S/C23H26O5/c1-6-16-20(25)19-17(24)13-18(14-10-9-11-15(12-14)26-4)28-22(19)23(7-2,8-3)21(16)27-5/h9-13H,6-8H2,1-5H3. The highest BCUT2D eigenvalue weighted by atomic mass is 16.5. The third-order valence-corrected chi connectivity index (χ3v) is 5.71. The third kappa shape index (κ3) is 2.86. The van der Waals surface area contributed by atoms with E-state index in [4.69, 9.17) is 13.9 Å². The fourth-order valence-corrected chi connectivity index (χ4v) is 4.14. The van der Waals surface area contributed by atoms with Gasteiger partial charge in [0.05, 0.1) is 19.6 Å². The first-order valence-electron chi connectivity index (χ1n) is 9.62. The van der Waals surface area contributed by atoms with Crippen LogP contribution in [0.2, 0.25) is 0 Å². The second kappa shape index (κ2) is 7.66. The topological polar surface area (TPSA) is 65.7 Å². The average Bonchev–Trinajstić information content (AvgIpc) is 2.73. The highest BCUT2D eigenvalue weighted by Gasteiger charge is 2.47. The summed E-state index contributed by atoms with van der Waals surface area (Å²) in [5, 5.41) is 0. The van der Waals surface area contributed by atoms with Gasteiger partial charge in [-0.1, -0.05) is 32.9 Å². The molecule has 0 fully saturated rings. The molecule has 1 aliphatic carbocycles. The van der Waals surface area contributed by atoms with Crippen LogP contribution in [0.1, 0.15) is 56.2 Å². The Kier molecular flexibility index (Phi) is 5.45. The van der Waals surface area contributed by atoms with Gasteiger partial charge in [-0.25, -0.2) is 0 Å². The predicted molar refractivity (Wildman–Crippen MR) is 108 cm³/mol. The molecule has 0 radical (unpaired) electrons. The van der Waals surface area contributed by atoms with Crippen LogP contribution in [0.4, 0.5) is 0 Å². The quantitative estimate of drug-likeness (QED) is 0.712. The van der Waals surface area contributed by atoms with Gasteiger partial charge in [0.15, 0.2) is 11.2 Å². The van der Waals surface area contributed by atoms with Crippen molar-refractivity contribution in [2.24, 2.45) is 0 Å². The van der Waals surface area contributed by atoms with Crippen LogP contribution in [0.25, 0.3) is 11.3 Å². The molecule has 28 heavy (non-hydrogen) atoms. The van der Waals surface area contributed by atoms with Crippen molar-refractivity contribution in [3.63, 3.8) is 0 Å². The molecule has 0 bridgehead atoms. The van der Waals surface area contributed by atoms with Crippen molar-refractivity contribution in [2.75, 3.05) is 14.2 Å². The van der Waals surface area contributed by atoms with Crippen molar-refractivity contribution < 1.29 is 18.7 Å². The number of hydrogen-bond acceptors (Lipinski definition) is 5. The fourth-order valence-electron chi connectivity index (χ4n) is 4.14. The molecule has 0 saturated heterocycles. The molecule has 0 aliphatic heterocycles. The summed E-state index contributed by atoms with van der Waals surface area (Å²) in [6.07, 6.45) is 1.81. The molecule has 148 valence electrons. The number of ketones is 1. The van der Waals surface area contributed by atoms with Crippen molar-refractivity contribution in [3.05, 3.63) is 63.2 Å². The number of benzene rings is 1. The molecule has 5 heteroatoms. The summed E-state index contributed by atoms with van der Waals surface area (Å²) in [4.78, 5) is 26.1. The maximum Gasteiger partial charge on any atom is 0.199 e. The van der Waals surface area contributed by atoms with Crippen molar-refractivity contribution in [3.8, 4) is 17.1 Å². The lowest BCUT2D eigenvalue weighted by molar-refractivity contribution is 0.0975. The normalized spacial score (nSPS) is 15.4. The van der Waals surface area contributed by atoms with Gasteiger partial charge < -0.3 is 13.9 Å². The molecule has 2 aromatic rings. The summed E-state index contributed by atoms with van der Waals surface area (Å²) in [5.41, 5.74) is 0.443. The van der Waals surface area contributed by atoms with Crippen LogP contribution in [0.5, 0.6) is 5.75 Å². The minimum absolute atomic E-state index is 0.132. The van der Waals surface area contributed by atoms with Gasteiger partial charge >= 0.3 is 0 Å². The Labute approximate surface area is 165 Å². The van der Waals surface area contributed by atoms with Gasteiger partial charge in [0.1, 0.15) is 28.6 Å². The number of carbonyl (C=O) groups excluding carboxylic acids is 1. The number of methoxy groups -OCH3 is 2. The van der Waals surface area contributed by atoms with Crippen LogP contribution in [0, 0.1) is 0 Å². The zero-order valence-electron chi connectivity index (χ0n) is 17.0. The Morgan fingerprint density at radius 1 is 1.00 bits per heavy atom. The number of rotatable bonds is 6. The van der Waals surface area contributed by atoms with E-state index in [9.17, 15) is 9.59 Å². The lowest BCUT2D eigenvalue weighted by Crippen LogP contribution is -2.39. The van der Waals surface area contributed by atoms with E-state index in [2.05, 4.69) is 0 Å². The highest BCUT2D eigenvalue weighted by molar-refractivity contribution is 6.11. The van der Waals surface area contributed by atoms with Crippen molar-refractivity contribution in [1.29, 1.82) is 0 Å². The predicted octanol–water partition coefficient (Wildman–Crippen LogP) is 4.88. The van der Waals surface area contributed by atoms with Gasteiger partial charge in [-0.05, 0) is 31.4 Å². The second-order valence-corrected chi connectivity index (χ2v) is 6.89.